The third kappa shape index (κ3) is 5.99. The van der Waals surface area contributed by atoms with E-state index in [2.05, 4.69) is 5.32 Å². The second-order valence-electron chi connectivity index (χ2n) is 5.94. The fourth-order valence-corrected chi connectivity index (χ4v) is 2.64. The Morgan fingerprint density at radius 2 is 1.69 bits per heavy atom. The van der Waals surface area contributed by atoms with Crippen LogP contribution in [0.15, 0.2) is 48.5 Å². The van der Waals surface area contributed by atoms with Crippen molar-refractivity contribution in [3.8, 4) is 11.5 Å². The Bertz CT molecular complexity index is 689. The number of carbonyl (C=O) groups excluding carboxylic acids is 1. The number of para-hydroxylation sites is 1. The molecule has 0 fully saturated rings. The normalized spacial score (nSPS) is 10.3. The number of carbonyl (C=O) groups is 1. The summed E-state index contributed by atoms with van der Waals surface area (Å²) in [5.74, 6) is 1.51. The van der Waals surface area contributed by atoms with E-state index in [1.54, 1.807) is 0 Å². The van der Waals surface area contributed by atoms with Gasteiger partial charge in [-0.05, 0) is 50.1 Å². The van der Waals surface area contributed by atoms with Gasteiger partial charge in [0.1, 0.15) is 0 Å². The maximum atomic E-state index is 12.1. The Kier molecular flexibility index (Phi) is 7.80. The largest absolute Gasteiger partial charge is 0.490 e. The van der Waals surface area contributed by atoms with Crippen LogP contribution in [0.5, 0.6) is 11.5 Å². The smallest absolute Gasteiger partial charge is 0.239 e. The van der Waals surface area contributed by atoms with Crippen molar-refractivity contribution >= 4 is 11.6 Å². The average Bonchev–Trinajstić information content (AvgIpc) is 2.65. The third-order valence-electron chi connectivity index (χ3n) is 3.92. The highest BCUT2D eigenvalue weighted by Crippen LogP contribution is 2.28. The van der Waals surface area contributed by atoms with Gasteiger partial charge in [0.25, 0.3) is 0 Å². The van der Waals surface area contributed by atoms with Crippen LogP contribution in [0.3, 0.4) is 0 Å². The van der Waals surface area contributed by atoms with E-state index in [-0.39, 0.29) is 5.91 Å². The number of amides is 1. The fraction of sp³-hybridized carbons (Fsp3) is 0.381. The Hall–Kier alpha value is -2.69. The number of nitrogens with zero attached hydrogens (tertiary/aromatic N) is 1. The van der Waals surface area contributed by atoms with Gasteiger partial charge in [0.2, 0.25) is 5.91 Å². The lowest BCUT2D eigenvalue weighted by Crippen LogP contribution is -2.36. The summed E-state index contributed by atoms with van der Waals surface area (Å²) >= 11 is 0. The maximum absolute atomic E-state index is 12.1. The van der Waals surface area contributed by atoms with Crippen molar-refractivity contribution in [2.75, 3.05) is 38.3 Å². The van der Waals surface area contributed by atoms with Gasteiger partial charge in [-0.1, -0.05) is 24.3 Å². The summed E-state index contributed by atoms with van der Waals surface area (Å²) in [5, 5.41) is 2.97. The first-order chi connectivity index (χ1) is 12.6. The minimum atomic E-state index is 0.00678. The number of benzene rings is 2. The molecule has 1 N–H and O–H groups in total. The first kappa shape index (κ1) is 19.6. The number of hydrogen-bond acceptors (Lipinski definition) is 4. The molecule has 26 heavy (non-hydrogen) atoms. The van der Waals surface area contributed by atoms with E-state index >= 15 is 0 Å². The van der Waals surface area contributed by atoms with E-state index in [4.69, 9.17) is 9.47 Å². The molecule has 0 unspecified atom stereocenters. The molecular weight excluding hydrogens is 328 g/mol. The number of hydrogen-bond donors (Lipinski definition) is 1. The zero-order chi connectivity index (χ0) is 18.8. The van der Waals surface area contributed by atoms with Gasteiger partial charge in [0.05, 0.1) is 19.8 Å². The van der Waals surface area contributed by atoms with Crippen molar-refractivity contribution in [3.63, 3.8) is 0 Å². The summed E-state index contributed by atoms with van der Waals surface area (Å²) in [4.78, 5) is 14.1. The molecule has 5 heteroatoms. The van der Waals surface area contributed by atoms with Crippen LogP contribution >= 0.6 is 0 Å². The van der Waals surface area contributed by atoms with Crippen LogP contribution in [-0.2, 0) is 11.2 Å². The fourth-order valence-electron chi connectivity index (χ4n) is 2.64. The zero-order valence-corrected chi connectivity index (χ0v) is 15.8. The van der Waals surface area contributed by atoms with Gasteiger partial charge < -0.3 is 19.7 Å². The Morgan fingerprint density at radius 1 is 1.00 bits per heavy atom. The summed E-state index contributed by atoms with van der Waals surface area (Å²) < 4.78 is 11.2. The van der Waals surface area contributed by atoms with Crippen molar-refractivity contribution in [3.05, 3.63) is 54.1 Å². The molecule has 0 aromatic heterocycles. The van der Waals surface area contributed by atoms with Crippen LogP contribution < -0.4 is 19.7 Å². The summed E-state index contributed by atoms with van der Waals surface area (Å²) in [7, 11) is 1.91. The Labute approximate surface area is 155 Å². The van der Waals surface area contributed by atoms with Crippen LogP contribution in [0.4, 0.5) is 5.69 Å². The highest BCUT2D eigenvalue weighted by atomic mass is 16.5. The molecule has 0 atom stereocenters. The highest BCUT2D eigenvalue weighted by Gasteiger charge is 2.08. The lowest BCUT2D eigenvalue weighted by molar-refractivity contribution is -0.119. The van der Waals surface area contributed by atoms with E-state index in [1.807, 2.05) is 74.3 Å². The lowest BCUT2D eigenvalue weighted by atomic mass is 10.1. The summed E-state index contributed by atoms with van der Waals surface area (Å²) in [6, 6.07) is 15.8. The van der Waals surface area contributed by atoms with E-state index in [1.165, 1.54) is 0 Å². The molecule has 0 aliphatic heterocycles. The quantitative estimate of drug-likeness (QED) is 0.710. The number of likely N-dealkylation sites (N-methyl/N-ethyl adjacent to an activating group) is 1. The van der Waals surface area contributed by atoms with Gasteiger partial charge in [-0.3, -0.25) is 4.79 Å². The van der Waals surface area contributed by atoms with Crippen molar-refractivity contribution in [1.82, 2.24) is 5.32 Å². The van der Waals surface area contributed by atoms with Gasteiger partial charge in [0, 0.05) is 19.3 Å². The van der Waals surface area contributed by atoms with E-state index in [0.717, 1.165) is 29.2 Å². The molecule has 0 radical (unpaired) electrons. The minimum absolute atomic E-state index is 0.00678. The second kappa shape index (κ2) is 10.3. The summed E-state index contributed by atoms with van der Waals surface area (Å²) in [6.45, 7) is 6.01. The van der Waals surface area contributed by atoms with Crippen LogP contribution in [-0.4, -0.2) is 39.3 Å². The minimum Gasteiger partial charge on any atom is -0.490 e. The number of rotatable bonds is 10. The standard InChI is InChI=1S/C21H28N2O3/c1-4-25-19-12-11-17(15-20(19)26-5-2)13-14-22-21(24)16-23(3)18-9-7-6-8-10-18/h6-12,15H,4-5,13-14,16H2,1-3H3,(H,22,24). The molecule has 0 spiro atoms. The van der Waals surface area contributed by atoms with Crippen molar-refractivity contribution < 1.29 is 14.3 Å². The van der Waals surface area contributed by atoms with E-state index < -0.39 is 0 Å². The highest BCUT2D eigenvalue weighted by molar-refractivity contribution is 5.81. The van der Waals surface area contributed by atoms with Gasteiger partial charge in [-0.15, -0.1) is 0 Å². The molecule has 2 aromatic rings. The maximum Gasteiger partial charge on any atom is 0.239 e. The van der Waals surface area contributed by atoms with Crippen LogP contribution in [0, 0.1) is 0 Å². The first-order valence-corrected chi connectivity index (χ1v) is 9.05. The molecule has 2 aromatic carbocycles. The summed E-state index contributed by atoms with van der Waals surface area (Å²) in [6.07, 6.45) is 0.743. The third-order valence-corrected chi connectivity index (χ3v) is 3.92. The van der Waals surface area contributed by atoms with Crippen LogP contribution in [0.25, 0.3) is 0 Å². The zero-order valence-electron chi connectivity index (χ0n) is 15.8. The Morgan fingerprint density at radius 3 is 2.38 bits per heavy atom. The molecule has 0 saturated carbocycles. The van der Waals surface area contributed by atoms with Crippen molar-refractivity contribution in [1.29, 1.82) is 0 Å². The number of anilines is 1. The SMILES string of the molecule is CCOc1ccc(CCNC(=O)CN(C)c2ccccc2)cc1OCC. The average molecular weight is 356 g/mol. The van der Waals surface area contributed by atoms with E-state index in [9.17, 15) is 4.79 Å². The molecule has 2 rings (SSSR count). The molecule has 0 bridgehead atoms. The second-order valence-corrected chi connectivity index (χ2v) is 5.94. The topological polar surface area (TPSA) is 50.8 Å². The summed E-state index contributed by atoms with van der Waals surface area (Å²) in [5.41, 5.74) is 2.13. The lowest BCUT2D eigenvalue weighted by Gasteiger charge is -2.18. The molecule has 0 heterocycles. The monoisotopic (exact) mass is 356 g/mol. The van der Waals surface area contributed by atoms with E-state index in [0.29, 0.717) is 26.3 Å². The number of nitrogens with one attached hydrogen (secondary N) is 1. The first-order valence-electron chi connectivity index (χ1n) is 9.05. The molecule has 0 saturated heterocycles. The molecule has 5 nitrogen and oxygen atoms in total. The van der Waals surface area contributed by atoms with Gasteiger partial charge in [-0.2, -0.15) is 0 Å². The van der Waals surface area contributed by atoms with Gasteiger partial charge >= 0.3 is 0 Å². The molecule has 140 valence electrons. The van der Waals surface area contributed by atoms with Crippen LogP contribution in [0.1, 0.15) is 19.4 Å². The Balaban J connectivity index is 1.83. The van der Waals surface area contributed by atoms with Gasteiger partial charge in [0.15, 0.2) is 11.5 Å². The molecular formula is C21H28N2O3. The van der Waals surface area contributed by atoms with Crippen molar-refractivity contribution in [2.45, 2.75) is 20.3 Å². The molecule has 1 amide bonds. The van der Waals surface area contributed by atoms with Gasteiger partial charge in [-0.25, -0.2) is 0 Å². The molecule has 0 aliphatic carbocycles. The molecule has 0 aliphatic rings. The number of ether oxygens (including phenoxy) is 2. The predicted molar refractivity (Wildman–Crippen MR) is 105 cm³/mol. The van der Waals surface area contributed by atoms with Crippen molar-refractivity contribution in [2.24, 2.45) is 0 Å². The predicted octanol–water partition coefficient (Wildman–Crippen LogP) is 3.28. The van der Waals surface area contributed by atoms with Crippen LogP contribution in [0.2, 0.25) is 0 Å².